The van der Waals surface area contributed by atoms with Gasteiger partial charge in [-0.25, -0.2) is 0 Å². The van der Waals surface area contributed by atoms with E-state index >= 15 is 0 Å². The van der Waals surface area contributed by atoms with E-state index in [1.807, 2.05) is 24.3 Å². The Morgan fingerprint density at radius 2 is 2.18 bits per heavy atom. The molecule has 6 nitrogen and oxygen atoms in total. The molecule has 1 heterocycles. The van der Waals surface area contributed by atoms with E-state index in [1.165, 1.54) is 5.56 Å². The number of amides is 1. The Hall–Kier alpha value is -2.54. The van der Waals surface area contributed by atoms with Crippen molar-refractivity contribution in [3.8, 4) is 5.75 Å². The summed E-state index contributed by atoms with van der Waals surface area (Å²) in [6, 6.07) is 10.3. The first kappa shape index (κ1) is 20.2. The van der Waals surface area contributed by atoms with Crippen molar-refractivity contribution in [2.75, 3.05) is 20.2 Å². The van der Waals surface area contributed by atoms with Gasteiger partial charge in [-0.1, -0.05) is 19.1 Å². The van der Waals surface area contributed by atoms with Gasteiger partial charge >= 0.3 is 0 Å². The standard InChI is InChI=1S/C21H28N4O2S/c1-15(17-8-9-28-14-17)11-23-21(22-2)24-12-16-4-3-5-19(10-16)27-13-20(26)25-18-6-7-18/h3-5,8-10,14-15,18H,6-7,11-13H2,1-2H3,(H,25,26)(H2,22,23,24). The highest BCUT2D eigenvalue weighted by Gasteiger charge is 2.23. The second kappa shape index (κ2) is 10.1. The molecule has 1 aliphatic carbocycles. The molecule has 1 fully saturated rings. The SMILES string of the molecule is CN=C(NCc1cccc(OCC(=O)NC2CC2)c1)NCC(C)c1ccsc1. The van der Waals surface area contributed by atoms with Gasteiger partial charge in [0, 0.05) is 26.2 Å². The highest BCUT2D eigenvalue weighted by Crippen LogP contribution is 2.19. The van der Waals surface area contributed by atoms with Gasteiger partial charge in [0.05, 0.1) is 0 Å². The summed E-state index contributed by atoms with van der Waals surface area (Å²) in [5.41, 5.74) is 2.40. The number of hydrogen-bond acceptors (Lipinski definition) is 4. The molecule has 1 aromatic heterocycles. The van der Waals surface area contributed by atoms with E-state index < -0.39 is 0 Å². The summed E-state index contributed by atoms with van der Waals surface area (Å²) in [6.07, 6.45) is 2.16. The zero-order chi connectivity index (χ0) is 19.8. The molecular weight excluding hydrogens is 372 g/mol. The zero-order valence-electron chi connectivity index (χ0n) is 16.4. The topological polar surface area (TPSA) is 74.8 Å². The van der Waals surface area contributed by atoms with Crippen LogP contribution in [0.5, 0.6) is 5.75 Å². The normalized spacial score (nSPS) is 15.0. The Morgan fingerprint density at radius 1 is 1.32 bits per heavy atom. The minimum Gasteiger partial charge on any atom is -0.484 e. The molecule has 7 heteroatoms. The molecule has 0 aliphatic heterocycles. The van der Waals surface area contributed by atoms with E-state index in [9.17, 15) is 4.79 Å². The van der Waals surface area contributed by atoms with Crippen LogP contribution in [0.4, 0.5) is 0 Å². The number of thiophene rings is 1. The Balaban J connectivity index is 1.42. The number of rotatable bonds is 9. The van der Waals surface area contributed by atoms with Gasteiger partial charge in [-0.05, 0) is 58.8 Å². The van der Waals surface area contributed by atoms with E-state index in [4.69, 9.17) is 4.74 Å². The predicted molar refractivity (Wildman–Crippen MR) is 114 cm³/mol. The molecule has 2 aromatic rings. The summed E-state index contributed by atoms with van der Waals surface area (Å²) >= 11 is 1.72. The maximum Gasteiger partial charge on any atom is 0.258 e. The molecule has 0 radical (unpaired) electrons. The number of hydrogen-bond donors (Lipinski definition) is 3. The van der Waals surface area contributed by atoms with Gasteiger partial charge in [0.25, 0.3) is 5.91 Å². The molecular formula is C21H28N4O2S. The molecule has 0 bridgehead atoms. The van der Waals surface area contributed by atoms with Crippen molar-refractivity contribution in [1.29, 1.82) is 0 Å². The van der Waals surface area contributed by atoms with Gasteiger partial charge in [0.1, 0.15) is 5.75 Å². The molecule has 1 unspecified atom stereocenters. The fourth-order valence-corrected chi connectivity index (χ4v) is 3.50. The number of nitrogens with one attached hydrogen (secondary N) is 3. The lowest BCUT2D eigenvalue weighted by Crippen LogP contribution is -2.38. The molecule has 1 saturated carbocycles. The van der Waals surface area contributed by atoms with Crippen molar-refractivity contribution in [2.45, 2.75) is 38.3 Å². The van der Waals surface area contributed by atoms with Crippen LogP contribution in [0.2, 0.25) is 0 Å². The van der Waals surface area contributed by atoms with E-state index in [0.29, 0.717) is 24.3 Å². The number of guanidine groups is 1. The van der Waals surface area contributed by atoms with Crippen LogP contribution >= 0.6 is 11.3 Å². The highest BCUT2D eigenvalue weighted by molar-refractivity contribution is 7.07. The lowest BCUT2D eigenvalue weighted by Gasteiger charge is -2.16. The minimum atomic E-state index is -0.0598. The van der Waals surface area contributed by atoms with Gasteiger partial charge in [0.15, 0.2) is 12.6 Å². The third-order valence-corrected chi connectivity index (χ3v) is 5.28. The Bertz CT molecular complexity index is 787. The monoisotopic (exact) mass is 400 g/mol. The van der Waals surface area contributed by atoms with Crippen molar-refractivity contribution >= 4 is 23.2 Å². The lowest BCUT2D eigenvalue weighted by molar-refractivity contribution is -0.123. The van der Waals surface area contributed by atoms with E-state index in [1.54, 1.807) is 18.4 Å². The molecule has 1 atom stereocenters. The third-order valence-electron chi connectivity index (χ3n) is 4.58. The summed E-state index contributed by atoms with van der Waals surface area (Å²) in [6.45, 7) is 3.69. The first-order valence-electron chi connectivity index (χ1n) is 9.61. The molecule has 150 valence electrons. The van der Waals surface area contributed by atoms with Crippen molar-refractivity contribution in [3.05, 3.63) is 52.2 Å². The summed E-state index contributed by atoms with van der Waals surface area (Å²) in [4.78, 5) is 16.0. The quantitative estimate of drug-likeness (QED) is 0.447. The first-order chi connectivity index (χ1) is 13.6. The maximum atomic E-state index is 11.7. The Morgan fingerprint density at radius 3 is 2.89 bits per heavy atom. The van der Waals surface area contributed by atoms with Gasteiger partial charge in [-0.2, -0.15) is 11.3 Å². The van der Waals surface area contributed by atoms with Crippen molar-refractivity contribution in [2.24, 2.45) is 4.99 Å². The third kappa shape index (κ3) is 6.56. The molecule has 1 aliphatic rings. The van der Waals surface area contributed by atoms with Gasteiger partial charge in [-0.15, -0.1) is 0 Å². The molecule has 0 saturated heterocycles. The predicted octanol–water partition coefficient (Wildman–Crippen LogP) is 2.87. The van der Waals surface area contributed by atoms with Crippen molar-refractivity contribution < 1.29 is 9.53 Å². The minimum absolute atomic E-state index is 0.0527. The summed E-state index contributed by atoms with van der Waals surface area (Å²) < 4.78 is 5.61. The van der Waals surface area contributed by atoms with Crippen LogP contribution in [0.1, 0.15) is 36.8 Å². The number of ether oxygens (including phenoxy) is 1. The fourth-order valence-electron chi connectivity index (χ4n) is 2.72. The second-order valence-corrected chi connectivity index (χ2v) is 7.82. The van der Waals surface area contributed by atoms with Crippen molar-refractivity contribution in [1.82, 2.24) is 16.0 Å². The maximum absolute atomic E-state index is 11.7. The van der Waals surface area contributed by atoms with E-state index in [0.717, 1.165) is 30.9 Å². The molecule has 3 N–H and O–H groups in total. The van der Waals surface area contributed by atoms with Crippen LogP contribution in [-0.2, 0) is 11.3 Å². The Labute approximate surface area is 170 Å². The molecule has 1 amide bonds. The van der Waals surface area contributed by atoms with Gasteiger partial charge in [0.2, 0.25) is 0 Å². The average molecular weight is 401 g/mol. The van der Waals surface area contributed by atoms with Crippen LogP contribution in [0, 0.1) is 0 Å². The number of carbonyl (C=O) groups is 1. The summed E-state index contributed by atoms with van der Waals surface area (Å²) in [5, 5.41) is 13.9. The average Bonchev–Trinajstić information content (AvgIpc) is 3.34. The van der Waals surface area contributed by atoms with E-state index in [2.05, 4.69) is 44.7 Å². The van der Waals surface area contributed by atoms with Crippen LogP contribution in [-0.4, -0.2) is 38.1 Å². The smallest absolute Gasteiger partial charge is 0.258 e. The fraction of sp³-hybridized carbons (Fsp3) is 0.429. The van der Waals surface area contributed by atoms with E-state index in [-0.39, 0.29) is 12.5 Å². The Kier molecular flexibility index (Phi) is 7.31. The zero-order valence-corrected chi connectivity index (χ0v) is 17.2. The van der Waals surface area contributed by atoms with Crippen LogP contribution in [0.3, 0.4) is 0 Å². The number of aliphatic imine (C=N–C) groups is 1. The molecule has 1 aromatic carbocycles. The molecule has 3 rings (SSSR count). The highest BCUT2D eigenvalue weighted by atomic mass is 32.1. The summed E-state index contributed by atoms with van der Waals surface area (Å²) in [7, 11) is 1.77. The van der Waals surface area contributed by atoms with Crippen LogP contribution in [0.15, 0.2) is 46.1 Å². The lowest BCUT2D eigenvalue weighted by atomic mass is 10.1. The van der Waals surface area contributed by atoms with Crippen LogP contribution in [0.25, 0.3) is 0 Å². The van der Waals surface area contributed by atoms with Crippen molar-refractivity contribution in [3.63, 3.8) is 0 Å². The number of carbonyl (C=O) groups excluding carboxylic acids is 1. The van der Waals surface area contributed by atoms with Gasteiger partial charge < -0.3 is 20.7 Å². The largest absolute Gasteiger partial charge is 0.484 e. The summed E-state index contributed by atoms with van der Waals surface area (Å²) in [5.74, 6) is 1.81. The van der Waals surface area contributed by atoms with Crippen LogP contribution < -0.4 is 20.7 Å². The molecule has 28 heavy (non-hydrogen) atoms. The van der Waals surface area contributed by atoms with Gasteiger partial charge in [-0.3, -0.25) is 9.79 Å². The number of nitrogens with zero attached hydrogens (tertiary/aromatic N) is 1. The number of benzene rings is 1. The molecule has 0 spiro atoms. The second-order valence-electron chi connectivity index (χ2n) is 7.04. The first-order valence-corrected chi connectivity index (χ1v) is 10.6.